The second kappa shape index (κ2) is 4.92. The van der Waals surface area contributed by atoms with Gasteiger partial charge in [-0.25, -0.2) is 9.50 Å². The summed E-state index contributed by atoms with van der Waals surface area (Å²) in [5.74, 6) is 0.314. The maximum Gasteiger partial charge on any atom is 0.151 e. The molecule has 4 atom stereocenters. The molecule has 0 aromatic carbocycles. The summed E-state index contributed by atoms with van der Waals surface area (Å²) in [4.78, 5) is 3.91. The fraction of sp³-hybridized carbons (Fsp3) is 0.538. The third-order valence-electron chi connectivity index (χ3n) is 4.16. The van der Waals surface area contributed by atoms with E-state index >= 15 is 0 Å². The van der Waals surface area contributed by atoms with Crippen LogP contribution < -0.4 is 5.73 Å². The summed E-state index contributed by atoms with van der Waals surface area (Å²) in [6, 6.07) is 3.47. The number of anilines is 1. The highest BCUT2D eigenvalue weighted by Crippen LogP contribution is 2.42. The van der Waals surface area contributed by atoms with Gasteiger partial charge in [-0.2, -0.15) is 5.10 Å². The molecule has 5 N–H and O–H groups in total. The predicted octanol–water partition coefficient (Wildman–Crippen LogP) is -0.970. The van der Waals surface area contributed by atoms with E-state index in [1.165, 1.54) is 6.33 Å². The lowest BCUT2D eigenvalue weighted by Gasteiger charge is -2.30. The van der Waals surface area contributed by atoms with E-state index in [1.54, 1.807) is 16.6 Å². The number of hydrogen-bond donors (Lipinski definition) is 4. The number of nitrogens with two attached hydrogens (primary N) is 1. The largest absolute Gasteiger partial charge is 0.394 e. The van der Waals surface area contributed by atoms with E-state index in [9.17, 15) is 15.3 Å². The van der Waals surface area contributed by atoms with Crippen LogP contribution in [-0.2, 0) is 10.3 Å². The fourth-order valence-electron chi connectivity index (χ4n) is 2.99. The van der Waals surface area contributed by atoms with E-state index < -0.39 is 23.9 Å². The van der Waals surface area contributed by atoms with E-state index in [2.05, 4.69) is 10.1 Å². The van der Waals surface area contributed by atoms with E-state index in [-0.39, 0.29) is 6.61 Å². The molecule has 0 bridgehead atoms. The van der Waals surface area contributed by atoms with Crippen molar-refractivity contribution in [2.45, 2.75) is 37.3 Å². The number of nitrogens with zero attached hydrogens (tertiary/aromatic N) is 3. The molecule has 0 amide bonds. The van der Waals surface area contributed by atoms with Crippen LogP contribution >= 0.6 is 0 Å². The molecule has 1 unspecified atom stereocenters. The highest BCUT2D eigenvalue weighted by molar-refractivity contribution is 5.65. The van der Waals surface area contributed by atoms with Gasteiger partial charge in [-0.15, -0.1) is 0 Å². The van der Waals surface area contributed by atoms with Crippen molar-refractivity contribution in [3.63, 3.8) is 0 Å². The van der Waals surface area contributed by atoms with Crippen LogP contribution in [0.2, 0.25) is 0 Å². The van der Waals surface area contributed by atoms with Crippen molar-refractivity contribution in [2.24, 2.45) is 0 Å². The van der Waals surface area contributed by atoms with Gasteiger partial charge in [-0.1, -0.05) is 6.92 Å². The van der Waals surface area contributed by atoms with Gasteiger partial charge in [0.15, 0.2) is 5.82 Å². The molecule has 1 aliphatic heterocycles. The summed E-state index contributed by atoms with van der Waals surface area (Å²) >= 11 is 0. The van der Waals surface area contributed by atoms with Crippen LogP contribution in [0.1, 0.15) is 19.0 Å². The molecule has 21 heavy (non-hydrogen) atoms. The van der Waals surface area contributed by atoms with Crippen molar-refractivity contribution in [3.05, 3.63) is 24.2 Å². The number of fused-ring (bicyclic) bond motifs is 1. The van der Waals surface area contributed by atoms with Crippen LogP contribution in [-0.4, -0.2) is 54.8 Å². The molecule has 8 heteroatoms. The first-order valence-electron chi connectivity index (χ1n) is 6.78. The second-order valence-electron chi connectivity index (χ2n) is 5.18. The van der Waals surface area contributed by atoms with Crippen LogP contribution in [0.5, 0.6) is 0 Å². The van der Waals surface area contributed by atoms with Crippen LogP contribution in [0, 0.1) is 0 Å². The van der Waals surface area contributed by atoms with E-state index in [4.69, 9.17) is 10.5 Å². The van der Waals surface area contributed by atoms with Crippen molar-refractivity contribution in [1.82, 2.24) is 14.6 Å². The molecule has 8 nitrogen and oxygen atoms in total. The molecule has 2 aromatic heterocycles. The summed E-state index contributed by atoms with van der Waals surface area (Å²) in [5, 5.41) is 33.9. The molecule has 1 fully saturated rings. The standard InChI is InChI=1S/C13H18N4O4/c1-2-13(11(20)10(19)8(5-18)21-13)9-4-3-7-12(14)15-6-16-17(7)9/h3-4,6,8,10-11,18-20H,2,5H2,1H3,(H2,14,15,16)/t8-,10?,11+,13+/m1/s1. The Morgan fingerprint density at radius 3 is 2.81 bits per heavy atom. The summed E-state index contributed by atoms with van der Waals surface area (Å²) < 4.78 is 7.34. The predicted molar refractivity (Wildman–Crippen MR) is 73.3 cm³/mol. The average molecular weight is 294 g/mol. The van der Waals surface area contributed by atoms with Crippen LogP contribution in [0.3, 0.4) is 0 Å². The molecule has 114 valence electrons. The molecule has 0 aliphatic carbocycles. The molecular weight excluding hydrogens is 276 g/mol. The minimum atomic E-state index is -1.17. The minimum absolute atomic E-state index is 0.314. The lowest BCUT2D eigenvalue weighted by Crippen LogP contribution is -2.41. The lowest BCUT2D eigenvalue weighted by molar-refractivity contribution is -0.104. The summed E-state index contributed by atoms with van der Waals surface area (Å²) in [7, 11) is 0. The van der Waals surface area contributed by atoms with E-state index in [0.29, 0.717) is 23.4 Å². The van der Waals surface area contributed by atoms with Crippen LogP contribution in [0.4, 0.5) is 5.82 Å². The van der Waals surface area contributed by atoms with Crippen molar-refractivity contribution < 1.29 is 20.1 Å². The first kappa shape index (κ1) is 14.2. The average Bonchev–Trinajstić information content (AvgIpc) is 3.03. The smallest absolute Gasteiger partial charge is 0.151 e. The third kappa shape index (κ3) is 1.84. The van der Waals surface area contributed by atoms with Crippen LogP contribution in [0.15, 0.2) is 18.5 Å². The highest BCUT2D eigenvalue weighted by atomic mass is 16.6. The number of ether oxygens (including phenoxy) is 1. The topological polar surface area (TPSA) is 126 Å². The lowest BCUT2D eigenvalue weighted by atomic mass is 9.88. The van der Waals surface area contributed by atoms with Crippen molar-refractivity contribution >= 4 is 11.3 Å². The van der Waals surface area contributed by atoms with Gasteiger partial charge >= 0.3 is 0 Å². The van der Waals surface area contributed by atoms with Gasteiger partial charge in [-0.05, 0) is 18.6 Å². The van der Waals surface area contributed by atoms with Crippen molar-refractivity contribution in [1.29, 1.82) is 0 Å². The molecule has 1 aliphatic rings. The summed E-state index contributed by atoms with van der Waals surface area (Å²) in [5.41, 5.74) is 5.81. The molecule has 1 saturated heterocycles. The summed E-state index contributed by atoms with van der Waals surface area (Å²) in [6.45, 7) is 1.46. The SMILES string of the molecule is CC[C@@]1(c2ccc3c(N)ncnn23)O[C@H](CO)C(O)[C@@H]1O. The second-order valence-corrected chi connectivity index (χ2v) is 5.18. The van der Waals surface area contributed by atoms with Gasteiger partial charge in [0.2, 0.25) is 0 Å². The number of aromatic nitrogens is 3. The zero-order valence-corrected chi connectivity index (χ0v) is 11.5. The maximum absolute atomic E-state index is 10.4. The Kier molecular flexibility index (Phi) is 3.33. The molecule has 3 heterocycles. The fourth-order valence-corrected chi connectivity index (χ4v) is 2.99. The number of rotatable bonds is 3. The van der Waals surface area contributed by atoms with Gasteiger partial charge in [0.05, 0.1) is 12.3 Å². The Balaban J connectivity index is 2.17. The van der Waals surface area contributed by atoms with E-state index in [1.807, 2.05) is 6.92 Å². The number of aliphatic hydroxyl groups is 3. The quantitative estimate of drug-likeness (QED) is 0.573. The molecule has 0 saturated carbocycles. The number of nitrogen functional groups attached to an aromatic ring is 1. The minimum Gasteiger partial charge on any atom is -0.394 e. The molecule has 3 rings (SSSR count). The van der Waals surface area contributed by atoms with E-state index in [0.717, 1.165) is 0 Å². The monoisotopic (exact) mass is 294 g/mol. The van der Waals surface area contributed by atoms with Gasteiger partial charge in [-0.3, -0.25) is 0 Å². The first-order valence-corrected chi connectivity index (χ1v) is 6.78. The van der Waals surface area contributed by atoms with Gasteiger partial charge in [0.1, 0.15) is 35.8 Å². The zero-order valence-electron chi connectivity index (χ0n) is 11.5. The molecular formula is C13H18N4O4. The van der Waals surface area contributed by atoms with Gasteiger partial charge in [0.25, 0.3) is 0 Å². The Labute approximate surface area is 120 Å². The number of aliphatic hydroxyl groups excluding tert-OH is 3. The normalized spacial score (nSPS) is 32.9. The molecule has 0 spiro atoms. The molecule has 0 radical (unpaired) electrons. The maximum atomic E-state index is 10.4. The van der Waals surface area contributed by atoms with Crippen LogP contribution in [0.25, 0.3) is 5.52 Å². The first-order chi connectivity index (χ1) is 10.0. The molecule has 2 aromatic rings. The van der Waals surface area contributed by atoms with Crippen molar-refractivity contribution in [2.75, 3.05) is 12.3 Å². The Bertz CT molecular complexity index is 661. The van der Waals surface area contributed by atoms with Crippen molar-refractivity contribution in [3.8, 4) is 0 Å². The Morgan fingerprint density at radius 1 is 1.43 bits per heavy atom. The summed E-state index contributed by atoms with van der Waals surface area (Å²) in [6.07, 6.45) is -1.47. The highest BCUT2D eigenvalue weighted by Gasteiger charge is 2.55. The zero-order chi connectivity index (χ0) is 15.2. The van der Waals surface area contributed by atoms with Gasteiger partial charge in [0, 0.05) is 0 Å². The van der Waals surface area contributed by atoms with Gasteiger partial charge < -0.3 is 25.8 Å². The number of hydrogen-bond acceptors (Lipinski definition) is 7. The Morgan fingerprint density at radius 2 is 2.19 bits per heavy atom. The Hall–Kier alpha value is -1.74. The third-order valence-corrected chi connectivity index (χ3v) is 4.16.